The van der Waals surface area contributed by atoms with Crippen molar-refractivity contribution in [2.24, 2.45) is 0 Å². The van der Waals surface area contributed by atoms with Crippen LogP contribution in [0, 0.1) is 0 Å². The highest BCUT2D eigenvalue weighted by Gasteiger charge is 2.14. The second-order valence-electron chi connectivity index (χ2n) is 4.80. The van der Waals surface area contributed by atoms with Gasteiger partial charge in [0, 0.05) is 0 Å². The van der Waals surface area contributed by atoms with E-state index < -0.39 is 0 Å². The van der Waals surface area contributed by atoms with Gasteiger partial charge in [-0.15, -0.1) is 0 Å². The molecule has 0 aromatic heterocycles. The van der Waals surface area contributed by atoms with Crippen LogP contribution < -0.4 is 0 Å². The highest BCUT2D eigenvalue weighted by Crippen LogP contribution is 2.24. The Balaban J connectivity index is 1.97. The largest absolute Gasteiger partial charge is 0.376 e. The van der Waals surface area contributed by atoms with E-state index in [1.54, 1.807) is 0 Å². The quantitative estimate of drug-likeness (QED) is 0.846. The summed E-state index contributed by atoms with van der Waals surface area (Å²) in [4.78, 5) is 0. The van der Waals surface area contributed by atoms with Gasteiger partial charge in [-0.2, -0.15) is 0 Å². The summed E-state index contributed by atoms with van der Waals surface area (Å²) >= 11 is 0. The maximum absolute atomic E-state index is 5.75. The molecule has 1 heterocycles. The van der Waals surface area contributed by atoms with Crippen LogP contribution in [0.5, 0.6) is 0 Å². The second kappa shape index (κ2) is 6.51. The van der Waals surface area contributed by atoms with Gasteiger partial charge in [-0.05, 0) is 22.8 Å². The van der Waals surface area contributed by atoms with Crippen molar-refractivity contribution in [3.63, 3.8) is 0 Å². The van der Waals surface area contributed by atoms with Gasteiger partial charge < -0.3 is 9.47 Å². The fourth-order valence-corrected chi connectivity index (χ4v) is 2.38. The van der Waals surface area contributed by atoms with Crippen molar-refractivity contribution >= 4 is 5.57 Å². The summed E-state index contributed by atoms with van der Waals surface area (Å²) in [5.74, 6) is 0. The third kappa shape index (κ3) is 3.16. The standard InChI is InChI=1S/C18H18O2/c1-3-7-15(8-4-1)18(16-9-5-2-6-10-16)13-17-14-19-11-12-20-17/h1-10,13,17H,11-12,14H2. The average Bonchev–Trinajstić information content (AvgIpc) is 2.55. The first-order chi connectivity index (χ1) is 9.93. The Kier molecular flexibility index (Phi) is 4.26. The minimum Gasteiger partial charge on any atom is -0.376 e. The van der Waals surface area contributed by atoms with Gasteiger partial charge in [0.1, 0.15) is 0 Å². The van der Waals surface area contributed by atoms with Crippen LogP contribution in [0.15, 0.2) is 66.7 Å². The molecule has 0 N–H and O–H groups in total. The zero-order chi connectivity index (χ0) is 13.6. The van der Waals surface area contributed by atoms with Crippen molar-refractivity contribution in [2.75, 3.05) is 19.8 Å². The van der Waals surface area contributed by atoms with Gasteiger partial charge in [-0.3, -0.25) is 0 Å². The smallest absolute Gasteiger partial charge is 0.0999 e. The molecule has 102 valence electrons. The normalized spacial score (nSPS) is 18.5. The molecule has 1 aliphatic rings. The lowest BCUT2D eigenvalue weighted by Gasteiger charge is -2.21. The van der Waals surface area contributed by atoms with Gasteiger partial charge in [0.15, 0.2) is 0 Å². The lowest BCUT2D eigenvalue weighted by atomic mass is 9.96. The van der Waals surface area contributed by atoms with Crippen LogP contribution in [0.4, 0.5) is 0 Å². The highest BCUT2D eigenvalue weighted by molar-refractivity contribution is 5.80. The van der Waals surface area contributed by atoms with Crippen LogP contribution in [-0.4, -0.2) is 25.9 Å². The van der Waals surface area contributed by atoms with E-state index in [0.717, 1.165) is 0 Å². The Bertz CT molecular complexity index is 513. The van der Waals surface area contributed by atoms with E-state index in [1.807, 2.05) is 12.1 Å². The molecule has 2 aromatic rings. The van der Waals surface area contributed by atoms with Crippen molar-refractivity contribution in [3.8, 4) is 0 Å². The van der Waals surface area contributed by atoms with Crippen LogP contribution in [0.3, 0.4) is 0 Å². The summed E-state index contributed by atoms with van der Waals surface area (Å²) in [5, 5.41) is 0. The molecule has 1 fully saturated rings. The maximum atomic E-state index is 5.75. The SMILES string of the molecule is C(=C(c1ccccc1)c1ccccc1)C1COCCO1. The van der Waals surface area contributed by atoms with Crippen molar-refractivity contribution < 1.29 is 9.47 Å². The maximum Gasteiger partial charge on any atom is 0.0999 e. The molecular formula is C18H18O2. The van der Waals surface area contributed by atoms with Gasteiger partial charge >= 0.3 is 0 Å². The van der Waals surface area contributed by atoms with E-state index in [1.165, 1.54) is 16.7 Å². The molecule has 2 heteroatoms. The second-order valence-corrected chi connectivity index (χ2v) is 4.80. The Morgan fingerprint density at radius 1 is 0.850 bits per heavy atom. The van der Waals surface area contributed by atoms with Gasteiger partial charge in [0.25, 0.3) is 0 Å². The molecule has 1 aliphatic heterocycles. The van der Waals surface area contributed by atoms with Crippen LogP contribution in [-0.2, 0) is 9.47 Å². The van der Waals surface area contributed by atoms with E-state index in [2.05, 4.69) is 54.6 Å². The molecule has 20 heavy (non-hydrogen) atoms. The fourth-order valence-electron chi connectivity index (χ4n) is 2.38. The monoisotopic (exact) mass is 266 g/mol. The number of hydrogen-bond acceptors (Lipinski definition) is 2. The van der Waals surface area contributed by atoms with E-state index >= 15 is 0 Å². The van der Waals surface area contributed by atoms with E-state index in [0.29, 0.717) is 19.8 Å². The van der Waals surface area contributed by atoms with Gasteiger partial charge in [0.05, 0.1) is 25.9 Å². The van der Waals surface area contributed by atoms with Crippen molar-refractivity contribution in [1.82, 2.24) is 0 Å². The summed E-state index contributed by atoms with van der Waals surface area (Å²) in [6, 6.07) is 20.8. The summed E-state index contributed by atoms with van der Waals surface area (Å²) in [6.45, 7) is 1.98. The summed E-state index contributed by atoms with van der Waals surface area (Å²) < 4.78 is 11.2. The molecule has 2 aromatic carbocycles. The zero-order valence-corrected chi connectivity index (χ0v) is 11.4. The average molecular weight is 266 g/mol. The lowest BCUT2D eigenvalue weighted by molar-refractivity contribution is -0.0673. The van der Waals surface area contributed by atoms with Crippen LogP contribution >= 0.6 is 0 Å². The molecule has 0 spiro atoms. The summed E-state index contributed by atoms with van der Waals surface area (Å²) in [7, 11) is 0. The predicted molar refractivity (Wildman–Crippen MR) is 80.5 cm³/mol. The molecule has 3 rings (SSSR count). The highest BCUT2D eigenvalue weighted by atomic mass is 16.6. The number of ether oxygens (including phenoxy) is 2. The van der Waals surface area contributed by atoms with Gasteiger partial charge in [0.2, 0.25) is 0 Å². The molecule has 1 atom stereocenters. The third-order valence-electron chi connectivity index (χ3n) is 3.36. The number of rotatable bonds is 3. The van der Waals surface area contributed by atoms with Crippen molar-refractivity contribution in [1.29, 1.82) is 0 Å². The molecule has 0 amide bonds. The third-order valence-corrected chi connectivity index (χ3v) is 3.36. The molecule has 0 aliphatic carbocycles. The molecule has 1 unspecified atom stereocenters. The Morgan fingerprint density at radius 3 is 1.95 bits per heavy atom. The van der Waals surface area contributed by atoms with Gasteiger partial charge in [-0.1, -0.05) is 60.7 Å². The van der Waals surface area contributed by atoms with E-state index in [9.17, 15) is 0 Å². The van der Waals surface area contributed by atoms with E-state index in [4.69, 9.17) is 9.47 Å². The molecular weight excluding hydrogens is 248 g/mol. The molecule has 2 nitrogen and oxygen atoms in total. The van der Waals surface area contributed by atoms with Crippen LogP contribution in [0.25, 0.3) is 5.57 Å². The van der Waals surface area contributed by atoms with Gasteiger partial charge in [-0.25, -0.2) is 0 Å². The Hall–Kier alpha value is -1.90. The topological polar surface area (TPSA) is 18.5 Å². The molecule has 1 saturated heterocycles. The Labute approximate surface area is 119 Å². The number of hydrogen-bond donors (Lipinski definition) is 0. The summed E-state index contributed by atoms with van der Waals surface area (Å²) in [5.41, 5.74) is 3.60. The van der Waals surface area contributed by atoms with Crippen molar-refractivity contribution in [3.05, 3.63) is 77.9 Å². The first-order valence-electron chi connectivity index (χ1n) is 6.95. The van der Waals surface area contributed by atoms with Crippen LogP contribution in [0.1, 0.15) is 11.1 Å². The summed E-state index contributed by atoms with van der Waals surface area (Å²) in [6.07, 6.45) is 2.20. The first-order valence-corrected chi connectivity index (χ1v) is 6.95. The molecule has 0 radical (unpaired) electrons. The number of benzene rings is 2. The molecule has 0 saturated carbocycles. The molecule has 0 bridgehead atoms. The minimum absolute atomic E-state index is 0.0270. The van der Waals surface area contributed by atoms with E-state index in [-0.39, 0.29) is 6.10 Å². The zero-order valence-electron chi connectivity index (χ0n) is 11.4. The van der Waals surface area contributed by atoms with Crippen molar-refractivity contribution in [2.45, 2.75) is 6.10 Å². The predicted octanol–water partition coefficient (Wildman–Crippen LogP) is 3.53. The lowest BCUT2D eigenvalue weighted by Crippen LogP contribution is -2.27. The fraction of sp³-hybridized carbons (Fsp3) is 0.222. The first kappa shape index (κ1) is 13.1. The minimum atomic E-state index is 0.0270. The Morgan fingerprint density at radius 2 is 1.45 bits per heavy atom. The van der Waals surface area contributed by atoms with Crippen LogP contribution in [0.2, 0.25) is 0 Å².